The number of rotatable bonds is 13. The molecule has 0 saturated heterocycles. The van der Waals surface area contributed by atoms with Gasteiger partial charge in [-0.25, -0.2) is 4.79 Å². The van der Waals surface area contributed by atoms with Gasteiger partial charge in [-0.15, -0.1) is 0 Å². The molecule has 1 N–H and O–H groups in total. The van der Waals surface area contributed by atoms with Gasteiger partial charge in [0.25, 0.3) is 0 Å². The van der Waals surface area contributed by atoms with E-state index in [1.54, 1.807) is 13.0 Å². The van der Waals surface area contributed by atoms with Gasteiger partial charge in [-0.2, -0.15) is 0 Å². The minimum absolute atomic E-state index is 0. The summed E-state index contributed by atoms with van der Waals surface area (Å²) in [6.07, 6.45) is 14.5. The van der Waals surface area contributed by atoms with Gasteiger partial charge in [0.15, 0.2) is 6.10 Å². The van der Waals surface area contributed by atoms with Gasteiger partial charge in [0.05, 0.1) is 18.1 Å². The third-order valence-electron chi connectivity index (χ3n) is 6.11. The number of carbonyl (C=O) groups excluding carboxylic acids is 3. The molecule has 0 spiro atoms. The topological polar surface area (TPSA) is 107 Å². The van der Waals surface area contributed by atoms with Crippen LogP contribution in [0.4, 0.5) is 0 Å². The molecule has 186 valence electrons. The summed E-state index contributed by atoms with van der Waals surface area (Å²) in [5, 5.41) is 20.6. The molecule has 0 fully saturated rings. The van der Waals surface area contributed by atoms with E-state index in [1.165, 1.54) is 10.5 Å². The van der Waals surface area contributed by atoms with Crippen molar-refractivity contribution in [3.63, 3.8) is 0 Å². The Bertz CT molecular complexity index is 943. The van der Waals surface area contributed by atoms with Crippen LogP contribution >= 0.6 is 0 Å². The summed E-state index contributed by atoms with van der Waals surface area (Å²) in [6.45, 7) is 7.84. The zero-order chi connectivity index (χ0) is 25.3. The molecule has 2 atom stereocenters. The van der Waals surface area contributed by atoms with Gasteiger partial charge in [-0.05, 0) is 64.4 Å². The molecule has 0 bridgehead atoms. The van der Waals surface area contributed by atoms with Gasteiger partial charge in [-0.1, -0.05) is 42.4 Å². The van der Waals surface area contributed by atoms with Crippen molar-refractivity contribution in [1.82, 2.24) is 4.90 Å². The SMILES string of the molecule is CC1=C(O)C(C/C(C)=C\CCC(C)/C=C/C=C(\C)CCCC2=CC(=O)N(CC(=O)[O-])C2)OC1=O.[Na+]. The standard InChI is InChI=1S/C27H37NO6.Na/c1-18(10-6-12-20(3)14-23-26(32)21(4)27(33)34-23)8-5-9-19(2)11-7-13-22-15-24(29)28(16-22)17-25(30)31;/h5,8-9,12,15,18,23,32H,6-7,10-11,13-14,16-17H2,1-4H3,(H,30,31);/q;+1/p-1/b8-5+,19-9+,20-12-;. The molecule has 35 heavy (non-hydrogen) atoms. The summed E-state index contributed by atoms with van der Waals surface area (Å²) in [6, 6.07) is 0. The molecule has 0 aromatic heterocycles. The van der Waals surface area contributed by atoms with Crippen molar-refractivity contribution in [2.24, 2.45) is 5.92 Å². The Morgan fingerprint density at radius 3 is 2.66 bits per heavy atom. The number of carboxylic acids is 1. The number of hydrogen-bond acceptors (Lipinski definition) is 6. The first-order chi connectivity index (χ1) is 16.1. The molecule has 2 unspecified atom stereocenters. The summed E-state index contributed by atoms with van der Waals surface area (Å²) in [4.78, 5) is 35.2. The largest absolute Gasteiger partial charge is 1.00 e. The van der Waals surface area contributed by atoms with Crippen LogP contribution in [0.2, 0.25) is 0 Å². The number of esters is 1. The van der Waals surface area contributed by atoms with Crippen LogP contribution in [-0.2, 0) is 19.1 Å². The second kappa shape index (κ2) is 15.1. The van der Waals surface area contributed by atoms with E-state index in [0.29, 0.717) is 24.5 Å². The van der Waals surface area contributed by atoms with Gasteiger partial charge in [-0.3, -0.25) is 4.79 Å². The van der Waals surface area contributed by atoms with E-state index in [0.717, 1.165) is 43.3 Å². The Morgan fingerprint density at radius 2 is 2.03 bits per heavy atom. The molecule has 0 saturated carbocycles. The molecule has 0 aromatic carbocycles. The number of carbonyl (C=O) groups is 3. The number of aliphatic hydroxyl groups is 1. The predicted molar refractivity (Wildman–Crippen MR) is 128 cm³/mol. The van der Waals surface area contributed by atoms with Gasteiger partial charge < -0.3 is 24.6 Å². The van der Waals surface area contributed by atoms with E-state index >= 15 is 0 Å². The van der Waals surface area contributed by atoms with Gasteiger partial charge in [0, 0.05) is 19.0 Å². The molecule has 0 aromatic rings. The van der Waals surface area contributed by atoms with Crippen LogP contribution in [0.3, 0.4) is 0 Å². The molecule has 8 heteroatoms. The molecule has 7 nitrogen and oxygen atoms in total. The number of aliphatic carboxylic acids is 1. The first kappa shape index (κ1) is 30.9. The van der Waals surface area contributed by atoms with E-state index in [-0.39, 0.29) is 47.8 Å². The Labute approximate surface area is 230 Å². The minimum atomic E-state index is -1.24. The van der Waals surface area contributed by atoms with E-state index in [2.05, 4.69) is 38.2 Å². The van der Waals surface area contributed by atoms with Crippen molar-refractivity contribution in [2.45, 2.75) is 72.3 Å². The number of carboxylic acid groups (broad SMARTS) is 1. The van der Waals surface area contributed by atoms with Crippen LogP contribution in [0.1, 0.15) is 66.2 Å². The maximum absolute atomic E-state index is 11.8. The zero-order valence-electron chi connectivity index (χ0n) is 21.6. The number of allylic oxidation sites excluding steroid dienone is 5. The van der Waals surface area contributed by atoms with Crippen molar-refractivity contribution in [3.05, 3.63) is 58.4 Å². The third kappa shape index (κ3) is 10.6. The van der Waals surface area contributed by atoms with Crippen molar-refractivity contribution in [3.8, 4) is 0 Å². The second-order valence-corrected chi connectivity index (χ2v) is 9.33. The van der Waals surface area contributed by atoms with Crippen molar-refractivity contribution >= 4 is 17.8 Å². The number of cyclic esters (lactones) is 1. The van der Waals surface area contributed by atoms with Crippen LogP contribution in [0.5, 0.6) is 0 Å². The Kier molecular flexibility index (Phi) is 13.4. The average molecular weight is 494 g/mol. The molecular weight excluding hydrogens is 457 g/mol. The van der Waals surface area contributed by atoms with Crippen molar-refractivity contribution in [1.29, 1.82) is 0 Å². The van der Waals surface area contributed by atoms with Gasteiger partial charge >= 0.3 is 35.5 Å². The number of nitrogens with zero attached hydrogens (tertiary/aromatic N) is 1. The monoisotopic (exact) mass is 493 g/mol. The fourth-order valence-corrected chi connectivity index (χ4v) is 3.99. The fraction of sp³-hybridized carbons (Fsp3) is 0.519. The Morgan fingerprint density at radius 1 is 1.31 bits per heavy atom. The predicted octanol–water partition coefficient (Wildman–Crippen LogP) is 0.692. The molecule has 1 amide bonds. The van der Waals surface area contributed by atoms with Crippen LogP contribution in [-0.4, -0.2) is 47.0 Å². The maximum Gasteiger partial charge on any atom is 1.00 e. The smallest absolute Gasteiger partial charge is 0.548 e. The summed E-state index contributed by atoms with van der Waals surface area (Å²) in [7, 11) is 0. The Hall–Kier alpha value is -2.09. The second-order valence-electron chi connectivity index (χ2n) is 9.33. The maximum atomic E-state index is 11.8. The number of hydrogen-bond donors (Lipinski definition) is 1. The van der Waals surface area contributed by atoms with Crippen molar-refractivity contribution < 1.29 is 58.9 Å². The quantitative estimate of drug-likeness (QED) is 0.175. The molecule has 2 rings (SSSR count). The number of amides is 1. The summed E-state index contributed by atoms with van der Waals surface area (Å²) < 4.78 is 5.17. The summed E-state index contributed by atoms with van der Waals surface area (Å²) in [5.74, 6) is -1.47. The van der Waals surface area contributed by atoms with Gasteiger partial charge in [0.2, 0.25) is 5.91 Å². The molecule has 0 radical (unpaired) electrons. The minimum Gasteiger partial charge on any atom is -0.548 e. The van der Waals surface area contributed by atoms with Gasteiger partial charge in [0.1, 0.15) is 5.76 Å². The van der Waals surface area contributed by atoms with Crippen LogP contribution in [0, 0.1) is 5.92 Å². The summed E-state index contributed by atoms with van der Waals surface area (Å²) in [5.41, 5.74) is 3.61. The van der Waals surface area contributed by atoms with Crippen LogP contribution in [0.25, 0.3) is 0 Å². The van der Waals surface area contributed by atoms with Crippen LogP contribution in [0.15, 0.2) is 58.4 Å². The fourth-order valence-electron chi connectivity index (χ4n) is 3.99. The number of aliphatic hydroxyl groups excluding tert-OH is 1. The third-order valence-corrected chi connectivity index (χ3v) is 6.11. The molecule has 2 aliphatic heterocycles. The normalized spacial score (nSPS) is 19.8. The van der Waals surface area contributed by atoms with E-state index in [1.807, 2.05) is 6.92 Å². The van der Waals surface area contributed by atoms with E-state index < -0.39 is 18.0 Å². The van der Waals surface area contributed by atoms with E-state index in [4.69, 9.17) is 4.74 Å². The number of ether oxygens (including phenoxy) is 1. The first-order valence-corrected chi connectivity index (χ1v) is 11.8. The Balaban J connectivity index is 0.00000612. The van der Waals surface area contributed by atoms with E-state index in [9.17, 15) is 24.6 Å². The molecule has 2 aliphatic rings. The molecule has 2 heterocycles. The average Bonchev–Trinajstić information content (AvgIpc) is 3.21. The van der Waals surface area contributed by atoms with Crippen molar-refractivity contribution in [2.75, 3.05) is 13.1 Å². The molecular formula is C27H36NNaO6. The molecule has 0 aliphatic carbocycles. The van der Waals surface area contributed by atoms with Crippen LogP contribution < -0.4 is 34.7 Å². The first-order valence-electron chi connectivity index (χ1n) is 11.8. The zero-order valence-corrected chi connectivity index (χ0v) is 23.6. The summed E-state index contributed by atoms with van der Waals surface area (Å²) >= 11 is 0.